The predicted molar refractivity (Wildman–Crippen MR) is 180 cm³/mol. The fourth-order valence-electron chi connectivity index (χ4n) is 5.65. The molecule has 1 saturated heterocycles. The molecule has 0 unspecified atom stereocenters. The normalized spacial score (nSPS) is 15.2. The van der Waals surface area contributed by atoms with Crippen LogP contribution in [0, 0.1) is 5.92 Å². The number of amides is 3. The number of hydrogen-bond donors (Lipinski definition) is 4. The van der Waals surface area contributed by atoms with E-state index in [4.69, 9.17) is 10.5 Å². The Balaban J connectivity index is 1.38. The van der Waals surface area contributed by atoms with Gasteiger partial charge in [-0.3, -0.25) is 4.79 Å². The number of nitrogen functional groups attached to an aromatic ring is 1. The summed E-state index contributed by atoms with van der Waals surface area (Å²) in [6, 6.07) is 18.2. The molecule has 0 spiro atoms. The van der Waals surface area contributed by atoms with Crippen LogP contribution >= 0.6 is 0 Å². The third kappa shape index (κ3) is 9.41. The monoisotopic (exact) mass is 653 g/mol. The first-order chi connectivity index (χ1) is 22.1. The second kappa shape index (κ2) is 16.7. The first kappa shape index (κ1) is 35.1. The largest absolute Gasteiger partial charge is 0.399 e. The van der Waals surface area contributed by atoms with Crippen LogP contribution < -0.4 is 16.4 Å². The van der Waals surface area contributed by atoms with Crippen LogP contribution in [0.1, 0.15) is 38.7 Å². The van der Waals surface area contributed by atoms with Crippen LogP contribution in [-0.2, 0) is 26.0 Å². The van der Waals surface area contributed by atoms with Crippen molar-refractivity contribution in [3.8, 4) is 0 Å². The Bertz CT molecular complexity index is 1540. The van der Waals surface area contributed by atoms with Crippen molar-refractivity contribution in [3.63, 3.8) is 0 Å². The number of urea groups is 1. The summed E-state index contributed by atoms with van der Waals surface area (Å²) < 4.78 is 33.8. The van der Waals surface area contributed by atoms with Crippen LogP contribution in [0.15, 0.2) is 71.6 Å². The number of anilines is 1. The van der Waals surface area contributed by atoms with Gasteiger partial charge in [0.2, 0.25) is 15.9 Å². The van der Waals surface area contributed by atoms with Gasteiger partial charge in [0.25, 0.3) is 0 Å². The number of carbonyl (C=O) groups excluding carboxylic acids is 2. The standard InChI is InChI=1S/C34H47N5O6S/c1-25(2)23-39(46(43,44)30-15-13-28(35)14-16-30)29(24-40)11-5-6-17-36-33(41)32(37-34(42)38-18-20-45-21-19-38)22-27-10-7-9-26-8-3-4-12-31(26)27/h3-4,7-10,12-16,25,29,32,40H,5-6,11,17-24,35H2,1-2H3,(H,36,41)(H,37,42)/t29-,32-/m0/s1. The molecule has 1 heterocycles. The number of nitrogens with one attached hydrogen (secondary N) is 2. The molecule has 46 heavy (non-hydrogen) atoms. The summed E-state index contributed by atoms with van der Waals surface area (Å²) in [5.74, 6) is -0.246. The lowest BCUT2D eigenvalue weighted by molar-refractivity contribution is -0.123. The molecule has 2 atom stereocenters. The highest BCUT2D eigenvalue weighted by atomic mass is 32.2. The first-order valence-corrected chi connectivity index (χ1v) is 17.4. The molecule has 0 bridgehead atoms. The molecule has 3 amide bonds. The summed E-state index contributed by atoms with van der Waals surface area (Å²) in [5, 5.41) is 18.2. The van der Waals surface area contributed by atoms with Gasteiger partial charge in [-0.2, -0.15) is 4.31 Å². The Morgan fingerprint density at radius 1 is 1.00 bits per heavy atom. The minimum Gasteiger partial charge on any atom is -0.399 e. The maximum Gasteiger partial charge on any atom is 0.318 e. The molecular weight excluding hydrogens is 606 g/mol. The third-order valence-electron chi connectivity index (χ3n) is 8.13. The van der Waals surface area contributed by atoms with Gasteiger partial charge in [0.15, 0.2) is 0 Å². The molecular formula is C34H47N5O6S. The van der Waals surface area contributed by atoms with E-state index in [1.807, 2.05) is 56.3 Å². The van der Waals surface area contributed by atoms with Crippen molar-refractivity contribution >= 4 is 38.4 Å². The van der Waals surface area contributed by atoms with E-state index >= 15 is 0 Å². The maximum atomic E-state index is 13.5. The number of unbranched alkanes of at least 4 members (excludes halogenated alkanes) is 1. The Labute approximate surface area is 272 Å². The zero-order valence-corrected chi connectivity index (χ0v) is 27.5. The van der Waals surface area contributed by atoms with Crippen molar-refractivity contribution < 1.29 is 27.9 Å². The van der Waals surface area contributed by atoms with Gasteiger partial charge in [-0.05, 0) is 59.4 Å². The topological polar surface area (TPSA) is 154 Å². The Hall–Kier alpha value is -3.71. The van der Waals surface area contributed by atoms with Crippen molar-refractivity contribution in [2.75, 3.05) is 51.7 Å². The van der Waals surface area contributed by atoms with Gasteiger partial charge in [0.05, 0.1) is 24.7 Å². The molecule has 4 rings (SSSR count). The van der Waals surface area contributed by atoms with E-state index in [1.165, 1.54) is 16.4 Å². The molecule has 11 nitrogen and oxygen atoms in total. The molecule has 3 aromatic carbocycles. The first-order valence-electron chi connectivity index (χ1n) is 16.0. The van der Waals surface area contributed by atoms with Crippen molar-refractivity contribution in [2.45, 2.75) is 56.5 Å². The lowest BCUT2D eigenvalue weighted by Crippen LogP contribution is -2.54. The summed E-state index contributed by atoms with van der Waals surface area (Å²) >= 11 is 0. The summed E-state index contributed by atoms with van der Waals surface area (Å²) in [5.41, 5.74) is 7.18. The van der Waals surface area contributed by atoms with E-state index in [2.05, 4.69) is 10.6 Å². The van der Waals surface area contributed by atoms with E-state index in [0.717, 1.165) is 16.3 Å². The number of rotatable bonds is 15. The number of benzene rings is 3. The Morgan fingerprint density at radius 2 is 1.70 bits per heavy atom. The van der Waals surface area contributed by atoms with Gasteiger partial charge >= 0.3 is 6.03 Å². The number of carbonyl (C=O) groups is 2. The third-order valence-corrected chi connectivity index (χ3v) is 10.1. The number of hydrogen-bond acceptors (Lipinski definition) is 7. The summed E-state index contributed by atoms with van der Waals surface area (Å²) in [4.78, 5) is 28.4. The minimum atomic E-state index is -3.86. The number of morpholine rings is 1. The van der Waals surface area contributed by atoms with Crippen molar-refractivity contribution in [2.24, 2.45) is 5.92 Å². The van der Waals surface area contributed by atoms with Crippen LogP contribution in [0.25, 0.3) is 10.8 Å². The van der Waals surface area contributed by atoms with Gasteiger partial charge in [-0.1, -0.05) is 62.7 Å². The molecule has 0 aliphatic carbocycles. The Morgan fingerprint density at radius 3 is 2.39 bits per heavy atom. The average molecular weight is 654 g/mol. The van der Waals surface area contributed by atoms with Gasteiger partial charge in [-0.25, -0.2) is 13.2 Å². The number of sulfonamides is 1. The van der Waals surface area contributed by atoms with E-state index in [0.29, 0.717) is 64.2 Å². The highest BCUT2D eigenvalue weighted by Gasteiger charge is 2.32. The van der Waals surface area contributed by atoms with E-state index < -0.39 is 22.1 Å². The molecule has 5 N–H and O–H groups in total. The fourth-order valence-corrected chi connectivity index (χ4v) is 7.46. The van der Waals surface area contributed by atoms with Gasteiger partial charge < -0.3 is 31.1 Å². The molecule has 0 aromatic heterocycles. The highest BCUT2D eigenvalue weighted by molar-refractivity contribution is 7.89. The smallest absolute Gasteiger partial charge is 0.318 e. The molecule has 1 aliphatic heterocycles. The van der Waals surface area contributed by atoms with E-state index in [-0.39, 0.29) is 35.9 Å². The molecule has 1 aliphatic rings. The molecule has 1 fully saturated rings. The van der Waals surface area contributed by atoms with Gasteiger partial charge in [-0.15, -0.1) is 0 Å². The number of ether oxygens (including phenoxy) is 1. The van der Waals surface area contributed by atoms with Crippen LogP contribution in [0.2, 0.25) is 0 Å². The van der Waals surface area contributed by atoms with Crippen LogP contribution in [0.4, 0.5) is 10.5 Å². The maximum absolute atomic E-state index is 13.5. The summed E-state index contributed by atoms with van der Waals surface area (Å²) in [7, 11) is -3.86. The second-order valence-electron chi connectivity index (χ2n) is 12.1. The lowest BCUT2D eigenvalue weighted by atomic mass is 9.98. The number of nitrogens with zero attached hydrogens (tertiary/aromatic N) is 2. The summed E-state index contributed by atoms with van der Waals surface area (Å²) in [6.45, 7) is 5.97. The molecule has 0 saturated carbocycles. The average Bonchev–Trinajstić information content (AvgIpc) is 3.05. The SMILES string of the molecule is CC(C)CN([C@H](CO)CCCCNC(=O)[C@H](Cc1cccc2ccccc12)NC(=O)N1CCOCC1)S(=O)(=O)c1ccc(N)cc1. The lowest BCUT2D eigenvalue weighted by Gasteiger charge is -2.31. The van der Waals surface area contributed by atoms with Crippen LogP contribution in [-0.4, -0.2) is 92.8 Å². The van der Waals surface area contributed by atoms with Crippen molar-refractivity contribution in [1.29, 1.82) is 0 Å². The van der Waals surface area contributed by atoms with Crippen LogP contribution in [0.3, 0.4) is 0 Å². The number of nitrogens with two attached hydrogens (primary N) is 1. The molecule has 12 heteroatoms. The van der Waals surface area contributed by atoms with Gasteiger partial charge in [0.1, 0.15) is 6.04 Å². The van der Waals surface area contributed by atoms with E-state index in [9.17, 15) is 23.1 Å². The zero-order chi connectivity index (χ0) is 33.1. The predicted octanol–water partition coefficient (Wildman–Crippen LogP) is 3.37. The number of aliphatic hydroxyl groups excluding tert-OH is 1. The van der Waals surface area contributed by atoms with Crippen molar-refractivity contribution in [3.05, 3.63) is 72.3 Å². The number of fused-ring (bicyclic) bond motifs is 1. The molecule has 0 radical (unpaired) electrons. The number of aliphatic hydroxyl groups is 1. The van der Waals surface area contributed by atoms with E-state index in [1.54, 1.807) is 17.0 Å². The quantitative estimate of drug-likeness (QED) is 0.145. The Kier molecular flexibility index (Phi) is 12.8. The van der Waals surface area contributed by atoms with Gasteiger partial charge in [0, 0.05) is 44.3 Å². The fraction of sp³-hybridized carbons (Fsp3) is 0.471. The summed E-state index contributed by atoms with van der Waals surface area (Å²) in [6.07, 6.45) is 1.88. The second-order valence-corrected chi connectivity index (χ2v) is 14.0. The zero-order valence-electron chi connectivity index (χ0n) is 26.7. The molecule has 3 aromatic rings. The highest BCUT2D eigenvalue weighted by Crippen LogP contribution is 2.24. The van der Waals surface area contributed by atoms with Crippen LogP contribution in [0.5, 0.6) is 0 Å². The molecule has 250 valence electrons. The van der Waals surface area contributed by atoms with Crippen molar-refractivity contribution in [1.82, 2.24) is 19.8 Å². The minimum absolute atomic E-state index is 0.0447.